The number of nitrogens with one attached hydrogen (secondary N) is 2. The van der Waals surface area contributed by atoms with Crippen LogP contribution in [0.4, 0.5) is 11.4 Å². The molecule has 0 radical (unpaired) electrons. The highest BCUT2D eigenvalue weighted by Crippen LogP contribution is 2.27. The zero-order chi connectivity index (χ0) is 22.6. The number of rotatable bonds is 5. The smallest absolute Gasteiger partial charge is 0.257 e. The predicted molar refractivity (Wildman–Crippen MR) is 129 cm³/mol. The molecule has 0 atom stereocenters. The molecule has 0 saturated carbocycles. The van der Waals surface area contributed by atoms with Crippen LogP contribution in [0.5, 0.6) is 5.75 Å². The number of methoxy groups -OCH3 is 1. The van der Waals surface area contributed by atoms with Crippen molar-refractivity contribution in [3.63, 3.8) is 0 Å². The maximum atomic E-state index is 12.5. The molecule has 1 amide bonds. The van der Waals surface area contributed by atoms with Gasteiger partial charge in [-0.1, -0.05) is 12.1 Å². The van der Waals surface area contributed by atoms with Gasteiger partial charge in [0.2, 0.25) is 10.0 Å². The lowest BCUT2D eigenvalue weighted by Crippen LogP contribution is -2.48. The van der Waals surface area contributed by atoms with Crippen LogP contribution in [0, 0.1) is 0 Å². The van der Waals surface area contributed by atoms with Crippen LogP contribution in [0.2, 0.25) is 0 Å². The van der Waals surface area contributed by atoms with Crippen LogP contribution < -0.4 is 20.3 Å². The minimum absolute atomic E-state index is 0.166. The fourth-order valence-electron chi connectivity index (χ4n) is 3.25. The number of sulfonamides is 1. The third kappa shape index (κ3) is 5.94. The third-order valence-corrected chi connectivity index (χ3v) is 6.97. The van der Waals surface area contributed by atoms with Crippen molar-refractivity contribution < 1.29 is 17.9 Å². The molecule has 2 aromatic carbocycles. The number of amides is 1. The van der Waals surface area contributed by atoms with E-state index in [0.717, 1.165) is 11.4 Å². The molecule has 0 bridgehead atoms. The zero-order valence-electron chi connectivity index (χ0n) is 17.1. The Hall–Kier alpha value is -2.21. The SMILES string of the molecule is COc1ccc(C(=O)NC(=S)Nc2ccccc2N2CCN(S(C)(=O)=O)CC2)cc1Br. The number of hydrogen-bond donors (Lipinski definition) is 2. The molecule has 3 rings (SSSR count). The first-order valence-electron chi connectivity index (χ1n) is 9.44. The van der Waals surface area contributed by atoms with Crippen LogP contribution >= 0.6 is 28.1 Å². The molecule has 8 nitrogen and oxygen atoms in total. The average Bonchev–Trinajstić information content (AvgIpc) is 2.73. The van der Waals surface area contributed by atoms with Gasteiger partial charge in [0.05, 0.1) is 29.2 Å². The van der Waals surface area contributed by atoms with Crippen molar-refractivity contribution >= 4 is 60.6 Å². The van der Waals surface area contributed by atoms with Crippen molar-refractivity contribution in [1.82, 2.24) is 9.62 Å². The maximum absolute atomic E-state index is 12.5. The Morgan fingerprint density at radius 3 is 2.42 bits per heavy atom. The molecule has 1 heterocycles. The number of carbonyl (C=O) groups excluding carboxylic acids is 1. The number of para-hydroxylation sites is 2. The van der Waals surface area contributed by atoms with Crippen molar-refractivity contribution in [3.05, 3.63) is 52.5 Å². The predicted octanol–water partition coefficient (Wildman–Crippen LogP) is 2.67. The molecule has 11 heteroatoms. The summed E-state index contributed by atoms with van der Waals surface area (Å²) in [6, 6.07) is 12.6. The Labute approximate surface area is 195 Å². The van der Waals surface area contributed by atoms with Crippen LogP contribution in [0.1, 0.15) is 10.4 Å². The van der Waals surface area contributed by atoms with E-state index in [1.54, 1.807) is 25.3 Å². The molecule has 0 aliphatic carbocycles. The fraction of sp³-hybridized carbons (Fsp3) is 0.300. The molecule has 0 spiro atoms. The summed E-state index contributed by atoms with van der Waals surface area (Å²) in [7, 11) is -1.64. The standard InChI is InChI=1S/C20H23BrN4O4S2/c1-29-18-8-7-14(13-15(18)21)19(26)23-20(30)22-16-5-3-4-6-17(16)24-9-11-25(12-10-24)31(2,27)28/h3-8,13H,9-12H2,1-2H3,(H2,22,23,26,30). The average molecular weight is 527 g/mol. The van der Waals surface area contributed by atoms with Crippen molar-refractivity contribution in [1.29, 1.82) is 0 Å². The van der Waals surface area contributed by atoms with E-state index in [2.05, 4.69) is 31.5 Å². The van der Waals surface area contributed by atoms with Gasteiger partial charge in [-0.3, -0.25) is 10.1 Å². The number of ether oxygens (including phenoxy) is 1. The summed E-state index contributed by atoms with van der Waals surface area (Å²) in [5, 5.41) is 5.92. The van der Waals surface area contributed by atoms with Crippen molar-refractivity contribution in [3.8, 4) is 5.75 Å². The van der Waals surface area contributed by atoms with E-state index in [-0.39, 0.29) is 11.0 Å². The van der Waals surface area contributed by atoms with E-state index in [0.29, 0.717) is 42.0 Å². The number of benzene rings is 2. The van der Waals surface area contributed by atoms with Gasteiger partial charge in [-0.25, -0.2) is 8.42 Å². The quantitative estimate of drug-likeness (QED) is 0.578. The van der Waals surface area contributed by atoms with Gasteiger partial charge >= 0.3 is 0 Å². The molecule has 31 heavy (non-hydrogen) atoms. The zero-order valence-corrected chi connectivity index (χ0v) is 20.3. The van der Waals surface area contributed by atoms with E-state index in [9.17, 15) is 13.2 Å². The number of piperazine rings is 1. The number of anilines is 2. The summed E-state index contributed by atoms with van der Waals surface area (Å²) in [6.45, 7) is 1.96. The van der Waals surface area contributed by atoms with Crippen LogP contribution in [-0.2, 0) is 10.0 Å². The first-order valence-corrected chi connectivity index (χ1v) is 12.5. The molecule has 166 valence electrons. The summed E-state index contributed by atoms with van der Waals surface area (Å²) in [5.41, 5.74) is 2.05. The summed E-state index contributed by atoms with van der Waals surface area (Å²) in [6.07, 6.45) is 1.22. The molecule has 0 unspecified atom stereocenters. The van der Waals surface area contributed by atoms with Gasteiger partial charge in [0, 0.05) is 31.7 Å². The summed E-state index contributed by atoms with van der Waals surface area (Å²) >= 11 is 8.70. The lowest BCUT2D eigenvalue weighted by molar-refractivity contribution is 0.0977. The second kappa shape index (κ2) is 9.94. The summed E-state index contributed by atoms with van der Waals surface area (Å²) in [5.74, 6) is 0.280. The highest BCUT2D eigenvalue weighted by atomic mass is 79.9. The van der Waals surface area contributed by atoms with Crippen molar-refractivity contribution in [2.75, 3.05) is 49.8 Å². The molecule has 1 fully saturated rings. The van der Waals surface area contributed by atoms with E-state index < -0.39 is 10.0 Å². The highest BCUT2D eigenvalue weighted by Gasteiger charge is 2.24. The fourth-order valence-corrected chi connectivity index (χ4v) is 4.82. The first-order chi connectivity index (χ1) is 14.7. The monoisotopic (exact) mass is 526 g/mol. The number of hydrogen-bond acceptors (Lipinski definition) is 6. The molecular formula is C20H23BrN4O4S2. The molecular weight excluding hydrogens is 504 g/mol. The van der Waals surface area contributed by atoms with Crippen LogP contribution in [0.25, 0.3) is 0 Å². The molecule has 2 aromatic rings. The van der Waals surface area contributed by atoms with Gasteiger partial charge in [0.1, 0.15) is 5.75 Å². The maximum Gasteiger partial charge on any atom is 0.257 e. The lowest BCUT2D eigenvalue weighted by Gasteiger charge is -2.35. The van der Waals surface area contributed by atoms with Crippen LogP contribution in [-0.4, -0.2) is 63.3 Å². The van der Waals surface area contributed by atoms with Crippen molar-refractivity contribution in [2.24, 2.45) is 0 Å². The Morgan fingerprint density at radius 2 is 1.81 bits per heavy atom. The molecule has 1 saturated heterocycles. The molecule has 2 N–H and O–H groups in total. The van der Waals surface area contributed by atoms with Gasteiger partial charge in [-0.15, -0.1) is 0 Å². The van der Waals surface area contributed by atoms with Gasteiger partial charge < -0.3 is 15.0 Å². The van der Waals surface area contributed by atoms with Gasteiger partial charge in [-0.2, -0.15) is 4.31 Å². The number of halogens is 1. The first kappa shape index (κ1) is 23.5. The minimum Gasteiger partial charge on any atom is -0.496 e. The summed E-state index contributed by atoms with van der Waals surface area (Å²) < 4.78 is 30.8. The Kier molecular flexibility index (Phi) is 7.52. The Bertz CT molecular complexity index is 1090. The largest absolute Gasteiger partial charge is 0.496 e. The van der Waals surface area contributed by atoms with E-state index in [1.807, 2.05) is 24.3 Å². The summed E-state index contributed by atoms with van der Waals surface area (Å²) in [4.78, 5) is 14.6. The Morgan fingerprint density at radius 1 is 1.13 bits per heavy atom. The highest BCUT2D eigenvalue weighted by molar-refractivity contribution is 9.10. The van der Waals surface area contributed by atoms with Crippen molar-refractivity contribution in [2.45, 2.75) is 0 Å². The van der Waals surface area contributed by atoms with E-state index >= 15 is 0 Å². The van der Waals surface area contributed by atoms with Gasteiger partial charge in [0.15, 0.2) is 5.11 Å². The van der Waals surface area contributed by atoms with Crippen LogP contribution in [0.3, 0.4) is 0 Å². The topological polar surface area (TPSA) is 91.0 Å². The number of carbonyl (C=O) groups is 1. The van der Waals surface area contributed by atoms with Crippen LogP contribution in [0.15, 0.2) is 46.9 Å². The Balaban J connectivity index is 1.66. The molecule has 0 aromatic heterocycles. The molecule has 1 aliphatic rings. The second-order valence-electron chi connectivity index (χ2n) is 6.92. The third-order valence-electron chi connectivity index (χ3n) is 4.84. The number of thiocarbonyl (C=S) groups is 1. The second-order valence-corrected chi connectivity index (χ2v) is 10.2. The molecule has 1 aliphatic heterocycles. The van der Waals surface area contributed by atoms with E-state index in [4.69, 9.17) is 17.0 Å². The van der Waals surface area contributed by atoms with Gasteiger partial charge in [0.25, 0.3) is 5.91 Å². The number of nitrogens with zero attached hydrogens (tertiary/aromatic N) is 2. The lowest BCUT2D eigenvalue weighted by atomic mass is 10.2. The normalized spacial score (nSPS) is 14.7. The van der Waals surface area contributed by atoms with Gasteiger partial charge in [-0.05, 0) is 58.5 Å². The minimum atomic E-state index is -3.20. The van der Waals surface area contributed by atoms with E-state index in [1.165, 1.54) is 10.6 Å².